The summed E-state index contributed by atoms with van der Waals surface area (Å²) in [5.74, 6) is 1.58. The summed E-state index contributed by atoms with van der Waals surface area (Å²) in [6, 6.07) is 6.89. The number of aromatic hydroxyl groups is 1. The lowest BCUT2D eigenvalue weighted by molar-refractivity contribution is 0.0238. The summed E-state index contributed by atoms with van der Waals surface area (Å²) in [4.78, 5) is 24.8. The maximum atomic E-state index is 13.0. The number of Topliss-reactive ketones (excluding diaryl/α,β-unsaturated/α-hetero) is 2. The summed E-state index contributed by atoms with van der Waals surface area (Å²) in [5, 5.41) is 29.5. The number of carbonyl (C=O) groups is 2. The van der Waals surface area contributed by atoms with Crippen LogP contribution in [0.15, 0.2) is 24.3 Å². The van der Waals surface area contributed by atoms with Crippen molar-refractivity contribution in [3.63, 3.8) is 0 Å². The Hall–Kier alpha value is -3.10. The third-order valence-electron chi connectivity index (χ3n) is 7.04. The minimum absolute atomic E-state index is 0.00327. The maximum Gasteiger partial charge on any atom is 0.170 e. The van der Waals surface area contributed by atoms with Gasteiger partial charge in [0.05, 0.1) is 43.5 Å². The average molecular weight is 543 g/mol. The number of hydrogen-bond donors (Lipinski definition) is 3. The van der Waals surface area contributed by atoms with Gasteiger partial charge in [-0.3, -0.25) is 9.59 Å². The largest absolute Gasteiger partial charge is 0.507 e. The van der Waals surface area contributed by atoms with Gasteiger partial charge in [-0.2, -0.15) is 0 Å². The molecule has 39 heavy (non-hydrogen) atoms. The smallest absolute Gasteiger partial charge is 0.170 e. The highest BCUT2D eigenvalue weighted by molar-refractivity contribution is 6.01. The number of aliphatic hydroxyl groups excluding tert-OH is 2. The summed E-state index contributed by atoms with van der Waals surface area (Å²) >= 11 is 0. The first-order chi connectivity index (χ1) is 18.6. The Kier molecular flexibility index (Phi) is 10.8. The summed E-state index contributed by atoms with van der Waals surface area (Å²) in [6.45, 7) is 7.77. The van der Waals surface area contributed by atoms with Crippen LogP contribution in [0.25, 0.3) is 0 Å². The highest BCUT2D eigenvalue weighted by atomic mass is 16.5. The number of phenols is 1. The van der Waals surface area contributed by atoms with Gasteiger partial charge >= 0.3 is 0 Å². The highest BCUT2D eigenvalue weighted by Gasteiger charge is 2.38. The molecule has 214 valence electrons. The minimum atomic E-state index is -0.844. The third kappa shape index (κ3) is 7.51. The monoisotopic (exact) mass is 542 g/mol. The number of aliphatic hydroxyl groups is 2. The van der Waals surface area contributed by atoms with Gasteiger partial charge in [-0.25, -0.2) is 0 Å². The number of ether oxygens (including phenoxy) is 3. The second kappa shape index (κ2) is 13.8. The van der Waals surface area contributed by atoms with Gasteiger partial charge in [0.2, 0.25) is 0 Å². The van der Waals surface area contributed by atoms with E-state index < -0.39 is 11.7 Å². The normalized spacial score (nSPS) is 17.3. The molecule has 0 aliphatic carbocycles. The van der Waals surface area contributed by atoms with Crippen molar-refractivity contribution in [1.82, 2.24) is 0 Å². The first kappa shape index (κ1) is 30.4. The summed E-state index contributed by atoms with van der Waals surface area (Å²) < 4.78 is 18.5. The second-order valence-electron chi connectivity index (χ2n) is 10.5. The first-order valence-electron chi connectivity index (χ1n) is 13.9. The lowest BCUT2D eigenvalue weighted by Gasteiger charge is -2.37. The van der Waals surface area contributed by atoms with E-state index in [0.717, 1.165) is 18.4 Å². The van der Waals surface area contributed by atoms with Gasteiger partial charge < -0.3 is 29.5 Å². The fourth-order valence-corrected chi connectivity index (χ4v) is 4.94. The molecule has 2 aromatic rings. The van der Waals surface area contributed by atoms with E-state index in [2.05, 4.69) is 6.92 Å². The van der Waals surface area contributed by atoms with Crippen molar-refractivity contribution >= 4 is 11.6 Å². The second-order valence-corrected chi connectivity index (χ2v) is 10.5. The van der Waals surface area contributed by atoms with Crippen molar-refractivity contribution < 1.29 is 39.1 Å². The van der Waals surface area contributed by atoms with Crippen molar-refractivity contribution in [2.24, 2.45) is 0 Å². The molecule has 0 spiro atoms. The fraction of sp³-hybridized carbons (Fsp3) is 0.548. The molecule has 0 bridgehead atoms. The van der Waals surface area contributed by atoms with E-state index in [1.165, 1.54) is 6.92 Å². The van der Waals surface area contributed by atoms with Crippen LogP contribution in [0.3, 0.4) is 0 Å². The molecule has 0 amide bonds. The molecule has 1 aliphatic rings. The van der Waals surface area contributed by atoms with E-state index in [0.29, 0.717) is 79.3 Å². The van der Waals surface area contributed by atoms with Crippen LogP contribution >= 0.6 is 0 Å². The number of rotatable bonds is 15. The molecule has 0 radical (unpaired) electrons. The van der Waals surface area contributed by atoms with Crippen LogP contribution in [0.4, 0.5) is 0 Å². The molecular weight excluding hydrogens is 500 g/mol. The SMILES string of the molecule is CCCc1c(OCCCOc2ccc3c(c2CCC)OC(C)(CCC(O)CO)CC3=O)ccc(C(C)=O)c1O. The molecule has 0 fully saturated rings. The number of hydrogen-bond acceptors (Lipinski definition) is 8. The molecule has 2 aromatic carbocycles. The van der Waals surface area contributed by atoms with Gasteiger partial charge in [-0.15, -0.1) is 0 Å². The number of benzene rings is 2. The molecule has 3 rings (SSSR count). The Morgan fingerprint density at radius 2 is 1.67 bits per heavy atom. The summed E-state index contributed by atoms with van der Waals surface area (Å²) in [7, 11) is 0. The molecule has 2 atom stereocenters. The molecule has 0 saturated heterocycles. The molecule has 0 aromatic heterocycles. The standard InChI is InChI=1S/C31H42O8/c1-5-8-24-27(12-10-22(20(3)33)29(24)36)37-16-7-17-38-28-13-11-23-26(35)18-31(4,15-14-21(34)19-32)39-30(23)25(28)9-6-2/h10-13,21,32,34,36H,5-9,14-19H2,1-4H3. The lowest BCUT2D eigenvalue weighted by Crippen LogP contribution is -2.40. The molecule has 1 heterocycles. The Bertz CT molecular complexity index is 1160. The van der Waals surface area contributed by atoms with Crippen LogP contribution in [0.1, 0.15) is 98.1 Å². The Morgan fingerprint density at radius 3 is 2.28 bits per heavy atom. The Balaban J connectivity index is 1.68. The van der Waals surface area contributed by atoms with E-state index in [9.17, 15) is 19.8 Å². The van der Waals surface area contributed by atoms with E-state index in [-0.39, 0.29) is 30.3 Å². The van der Waals surface area contributed by atoms with Crippen molar-refractivity contribution in [3.05, 3.63) is 46.5 Å². The van der Waals surface area contributed by atoms with E-state index in [4.69, 9.17) is 19.3 Å². The number of carbonyl (C=O) groups excluding carboxylic acids is 2. The minimum Gasteiger partial charge on any atom is -0.507 e. The van der Waals surface area contributed by atoms with E-state index in [1.807, 2.05) is 19.9 Å². The van der Waals surface area contributed by atoms with Crippen molar-refractivity contribution in [2.75, 3.05) is 19.8 Å². The van der Waals surface area contributed by atoms with Gasteiger partial charge in [0.25, 0.3) is 0 Å². The van der Waals surface area contributed by atoms with Gasteiger partial charge in [0.15, 0.2) is 11.6 Å². The zero-order chi connectivity index (χ0) is 28.6. The van der Waals surface area contributed by atoms with Crippen LogP contribution < -0.4 is 14.2 Å². The molecule has 3 N–H and O–H groups in total. The van der Waals surface area contributed by atoms with Crippen LogP contribution in [-0.4, -0.2) is 58.4 Å². The van der Waals surface area contributed by atoms with Gasteiger partial charge in [-0.1, -0.05) is 26.7 Å². The number of ketones is 2. The quantitative estimate of drug-likeness (QED) is 0.207. The van der Waals surface area contributed by atoms with Crippen molar-refractivity contribution in [1.29, 1.82) is 0 Å². The van der Waals surface area contributed by atoms with Crippen molar-refractivity contribution in [2.45, 2.75) is 90.8 Å². The highest BCUT2D eigenvalue weighted by Crippen LogP contribution is 2.42. The molecule has 2 unspecified atom stereocenters. The summed E-state index contributed by atoms with van der Waals surface area (Å²) in [5.41, 5.74) is 1.57. The molecule has 8 nitrogen and oxygen atoms in total. The maximum absolute atomic E-state index is 13.0. The topological polar surface area (TPSA) is 123 Å². The van der Waals surface area contributed by atoms with Gasteiger partial charge in [0.1, 0.15) is 28.6 Å². The number of fused-ring (bicyclic) bond motifs is 1. The van der Waals surface area contributed by atoms with Crippen LogP contribution in [-0.2, 0) is 12.8 Å². The predicted octanol–water partition coefficient (Wildman–Crippen LogP) is 5.21. The van der Waals surface area contributed by atoms with Crippen LogP contribution in [0.2, 0.25) is 0 Å². The molecule has 8 heteroatoms. The van der Waals surface area contributed by atoms with Gasteiger partial charge in [0, 0.05) is 17.5 Å². The molecular formula is C31H42O8. The first-order valence-corrected chi connectivity index (χ1v) is 13.9. The van der Waals surface area contributed by atoms with E-state index in [1.54, 1.807) is 18.2 Å². The average Bonchev–Trinajstić information content (AvgIpc) is 2.89. The summed E-state index contributed by atoms with van der Waals surface area (Å²) in [6.07, 6.45) is 3.66. The van der Waals surface area contributed by atoms with Crippen molar-refractivity contribution in [3.8, 4) is 23.0 Å². The molecule has 1 aliphatic heterocycles. The zero-order valence-electron chi connectivity index (χ0n) is 23.5. The zero-order valence-corrected chi connectivity index (χ0v) is 23.5. The van der Waals surface area contributed by atoms with Gasteiger partial charge in [-0.05, 0) is 63.8 Å². The van der Waals surface area contributed by atoms with Crippen LogP contribution in [0.5, 0.6) is 23.0 Å². The Morgan fingerprint density at radius 1 is 1.05 bits per heavy atom. The van der Waals surface area contributed by atoms with Crippen LogP contribution in [0, 0.1) is 0 Å². The predicted molar refractivity (Wildman–Crippen MR) is 148 cm³/mol. The third-order valence-corrected chi connectivity index (χ3v) is 7.04. The fourth-order valence-electron chi connectivity index (χ4n) is 4.94. The Labute approximate surface area is 230 Å². The molecule has 0 saturated carbocycles. The van der Waals surface area contributed by atoms with E-state index >= 15 is 0 Å². The number of phenolic OH excluding ortho intramolecular Hbond substituents is 1. The lowest BCUT2D eigenvalue weighted by atomic mass is 9.85.